The lowest BCUT2D eigenvalue weighted by Crippen LogP contribution is -2.60. The number of aromatic nitrogens is 1. The van der Waals surface area contributed by atoms with Crippen LogP contribution < -0.4 is 15.8 Å². The molecule has 31 heavy (non-hydrogen) atoms. The minimum absolute atomic E-state index is 0.0487. The third-order valence-corrected chi connectivity index (χ3v) is 9.19. The fourth-order valence-electron chi connectivity index (χ4n) is 3.64. The monoisotopic (exact) mass is 485 g/mol. The predicted octanol–water partition coefficient (Wildman–Crippen LogP) is 1.63. The number of rotatable bonds is 4. The second-order valence-electron chi connectivity index (χ2n) is 7.03. The molecule has 0 bridgehead atoms. The van der Waals surface area contributed by atoms with Gasteiger partial charge in [-0.05, 0) is 12.1 Å². The van der Waals surface area contributed by atoms with E-state index in [9.17, 15) is 13.2 Å². The number of guanidine groups is 1. The van der Waals surface area contributed by atoms with Crippen LogP contribution in [0.3, 0.4) is 0 Å². The number of ether oxygens (including phenoxy) is 2. The van der Waals surface area contributed by atoms with Crippen LogP contribution in [0, 0.1) is 0 Å². The van der Waals surface area contributed by atoms with Crippen molar-refractivity contribution in [1.29, 1.82) is 0 Å². The molecule has 0 aromatic carbocycles. The highest BCUT2D eigenvalue weighted by atomic mass is 35.5. The van der Waals surface area contributed by atoms with Crippen LogP contribution in [0.4, 0.5) is 5.82 Å². The number of methoxy groups -OCH3 is 1. The third-order valence-electron chi connectivity index (χ3n) is 5.29. The maximum Gasteiger partial charge on any atom is 0.266 e. The number of carbonyl (C=O) groups excluding carboxylic acids is 1. The number of aliphatic imine (C=N–C) groups is 1. The van der Waals surface area contributed by atoms with Gasteiger partial charge < -0.3 is 20.5 Å². The largest absolute Gasteiger partial charge is 0.481 e. The van der Waals surface area contributed by atoms with E-state index in [-0.39, 0.29) is 35.5 Å². The van der Waals surface area contributed by atoms with E-state index >= 15 is 0 Å². The summed E-state index contributed by atoms with van der Waals surface area (Å²) >= 11 is 7.58. The molecule has 2 aromatic rings. The van der Waals surface area contributed by atoms with Crippen LogP contribution in [0.5, 0.6) is 5.88 Å². The SMILES string of the molecule is COc1cccc(NC(=O)c2cc(Cl)c(C34CCOCC3S(=O)(=O)N(C)C(N)=N4)s2)n1. The van der Waals surface area contributed by atoms with Crippen LogP contribution in [0.25, 0.3) is 0 Å². The molecule has 1 amide bonds. The maximum absolute atomic E-state index is 13.0. The number of halogens is 1. The summed E-state index contributed by atoms with van der Waals surface area (Å²) in [6, 6.07) is 6.47. The number of carbonyl (C=O) groups is 1. The Hall–Kier alpha value is -2.41. The Bertz CT molecular complexity index is 1170. The highest BCUT2D eigenvalue weighted by molar-refractivity contribution is 7.90. The summed E-state index contributed by atoms with van der Waals surface area (Å²) in [5.41, 5.74) is 4.73. The molecule has 4 heterocycles. The molecular weight excluding hydrogens is 466 g/mol. The fraction of sp³-hybridized carbons (Fsp3) is 0.389. The Morgan fingerprint density at radius 2 is 2.26 bits per heavy atom. The summed E-state index contributed by atoms with van der Waals surface area (Å²) in [6.45, 7) is 0.239. The van der Waals surface area contributed by atoms with Gasteiger partial charge >= 0.3 is 0 Å². The van der Waals surface area contributed by atoms with Gasteiger partial charge in [0.25, 0.3) is 5.91 Å². The van der Waals surface area contributed by atoms with Gasteiger partial charge in [-0.25, -0.2) is 17.7 Å². The Kier molecular flexibility index (Phi) is 5.58. The van der Waals surface area contributed by atoms with Gasteiger partial charge in [0.1, 0.15) is 16.6 Å². The van der Waals surface area contributed by atoms with Gasteiger partial charge in [-0.3, -0.25) is 4.79 Å². The third kappa shape index (κ3) is 3.63. The van der Waals surface area contributed by atoms with Crippen molar-refractivity contribution < 1.29 is 22.7 Å². The number of nitrogens with zero attached hydrogens (tertiary/aromatic N) is 3. The van der Waals surface area contributed by atoms with E-state index in [4.69, 9.17) is 26.8 Å². The van der Waals surface area contributed by atoms with Crippen molar-refractivity contribution >= 4 is 50.6 Å². The molecule has 2 unspecified atom stereocenters. The lowest BCUT2D eigenvalue weighted by Gasteiger charge is -2.45. The second kappa shape index (κ2) is 7.93. The molecule has 0 spiro atoms. The first-order valence-electron chi connectivity index (χ1n) is 9.22. The van der Waals surface area contributed by atoms with Gasteiger partial charge in [0.05, 0.1) is 28.5 Å². The first kappa shape index (κ1) is 21.8. The van der Waals surface area contributed by atoms with E-state index < -0.39 is 26.7 Å². The van der Waals surface area contributed by atoms with E-state index in [2.05, 4.69) is 15.3 Å². The smallest absolute Gasteiger partial charge is 0.266 e. The molecule has 1 fully saturated rings. The van der Waals surface area contributed by atoms with Crippen molar-refractivity contribution in [2.45, 2.75) is 17.2 Å². The Balaban J connectivity index is 1.73. The summed E-state index contributed by atoms with van der Waals surface area (Å²) < 4.78 is 37.5. The van der Waals surface area contributed by atoms with Crippen LogP contribution >= 0.6 is 22.9 Å². The van der Waals surface area contributed by atoms with Crippen molar-refractivity contribution in [2.75, 3.05) is 32.7 Å². The number of pyridine rings is 1. The summed E-state index contributed by atoms with van der Waals surface area (Å²) in [5.74, 6) is 0.0930. The molecule has 0 radical (unpaired) electrons. The van der Waals surface area contributed by atoms with E-state index in [1.54, 1.807) is 18.2 Å². The van der Waals surface area contributed by atoms with Gasteiger partial charge in [-0.2, -0.15) is 4.98 Å². The average Bonchev–Trinajstić information content (AvgIpc) is 3.15. The number of anilines is 1. The number of hydrogen-bond acceptors (Lipinski definition) is 9. The lowest BCUT2D eigenvalue weighted by molar-refractivity contribution is 0.0545. The van der Waals surface area contributed by atoms with Crippen LogP contribution in [-0.2, 0) is 20.3 Å². The number of sulfonamides is 1. The number of fused-ring (bicyclic) bond motifs is 1. The highest BCUT2D eigenvalue weighted by Gasteiger charge is 2.56. The topological polar surface area (TPSA) is 136 Å². The average molecular weight is 486 g/mol. The molecule has 0 aliphatic carbocycles. The summed E-state index contributed by atoms with van der Waals surface area (Å²) in [6.07, 6.45) is 0.268. The standard InChI is InChI=1S/C18H20ClN5O5S2/c1-24-17(20)23-18(6-7-29-9-12(18)31(24,26)27)15-10(19)8-11(30-15)16(25)22-13-4-3-5-14(21-13)28-2/h3-5,8,12H,6-7,9H2,1-2H3,(H2,20,23)(H,21,22,25). The van der Waals surface area contributed by atoms with Crippen LogP contribution in [0.1, 0.15) is 21.0 Å². The summed E-state index contributed by atoms with van der Waals surface area (Å²) in [4.78, 5) is 22.3. The zero-order chi connectivity index (χ0) is 22.4. The molecule has 2 aromatic heterocycles. The van der Waals surface area contributed by atoms with Crippen molar-refractivity contribution in [3.63, 3.8) is 0 Å². The van der Waals surface area contributed by atoms with Gasteiger partial charge in [-0.1, -0.05) is 17.7 Å². The van der Waals surface area contributed by atoms with E-state index in [0.717, 1.165) is 15.6 Å². The number of amides is 1. The highest BCUT2D eigenvalue weighted by Crippen LogP contribution is 2.48. The van der Waals surface area contributed by atoms with Crippen LogP contribution in [-0.4, -0.2) is 62.2 Å². The number of hydrogen-bond donors (Lipinski definition) is 2. The molecule has 2 aliphatic rings. The summed E-state index contributed by atoms with van der Waals surface area (Å²) in [7, 11) is -0.999. The fourth-order valence-corrected chi connectivity index (χ4v) is 7.06. The molecule has 166 valence electrons. The van der Waals surface area contributed by atoms with Crippen molar-refractivity contribution in [2.24, 2.45) is 10.7 Å². The first-order chi connectivity index (χ1) is 14.7. The minimum Gasteiger partial charge on any atom is -0.481 e. The van der Waals surface area contributed by atoms with Crippen molar-refractivity contribution in [3.05, 3.63) is 39.0 Å². The van der Waals surface area contributed by atoms with Gasteiger partial charge in [-0.15, -0.1) is 11.3 Å². The van der Waals surface area contributed by atoms with E-state index in [0.29, 0.717) is 16.6 Å². The van der Waals surface area contributed by atoms with Crippen LogP contribution in [0.2, 0.25) is 5.02 Å². The Morgan fingerprint density at radius 1 is 1.48 bits per heavy atom. The van der Waals surface area contributed by atoms with Crippen LogP contribution in [0.15, 0.2) is 29.3 Å². The number of thiophene rings is 1. The maximum atomic E-state index is 13.0. The zero-order valence-electron chi connectivity index (χ0n) is 16.7. The van der Waals surface area contributed by atoms with Gasteiger partial charge in [0.15, 0.2) is 0 Å². The molecule has 2 atom stereocenters. The van der Waals surface area contributed by atoms with Crippen molar-refractivity contribution in [1.82, 2.24) is 9.29 Å². The van der Waals surface area contributed by atoms with E-state index in [1.165, 1.54) is 20.2 Å². The first-order valence-corrected chi connectivity index (χ1v) is 11.9. The molecule has 3 N–H and O–H groups in total. The Labute approximate surface area is 188 Å². The van der Waals surface area contributed by atoms with Gasteiger partial charge in [0, 0.05) is 26.1 Å². The van der Waals surface area contributed by atoms with Crippen molar-refractivity contribution in [3.8, 4) is 5.88 Å². The normalized spacial score (nSPS) is 24.8. The molecular formula is C18H20ClN5O5S2. The molecule has 1 saturated heterocycles. The quantitative estimate of drug-likeness (QED) is 0.671. The molecule has 4 rings (SSSR count). The van der Waals surface area contributed by atoms with Gasteiger partial charge in [0.2, 0.25) is 21.9 Å². The molecule has 13 heteroatoms. The zero-order valence-corrected chi connectivity index (χ0v) is 19.1. The number of nitrogens with one attached hydrogen (secondary N) is 1. The second-order valence-corrected chi connectivity index (χ2v) is 10.6. The summed E-state index contributed by atoms with van der Waals surface area (Å²) in [5, 5.41) is 1.93. The number of nitrogens with two attached hydrogens (primary N) is 1. The van der Waals surface area contributed by atoms with E-state index in [1.807, 2.05) is 0 Å². The minimum atomic E-state index is -3.83. The molecule has 2 aliphatic heterocycles. The Morgan fingerprint density at radius 3 is 3.00 bits per heavy atom. The lowest BCUT2D eigenvalue weighted by atomic mass is 9.88. The predicted molar refractivity (Wildman–Crippen MR) is 117 cm³/mol. The molecule has 0 saturated carbocycles. The molecule has 10 nitrogen and oxygen atoms in total.